The van der Waals surface area contributed by atoms with E-state index in [-0.39, 0.29) is 6.42 Å². The van der Waals surface area contributed by atoms with Crippen LogP contribution in [0, 0.1) is 0 Å². The molecular formula is C12H14F3IO3S. The van der Waals surface area contributed by atoms with Crippen LogP contribution >= 0.6 is 30.4 Å². The number of benzene rings is 1. The number of alkyl halides is 3. The van der Waals surface area contributed by atoms with Crippen LogP contribution < -0.4 is 4.18 Å². The van der Waals surface area contributed by atoms with E-state index in [1.54, 1.807) is 0 Å². The Morgan fingerprint density at radius 3 is 2.50 bits per heavy atom. The maximum atomic E-state index is 10.8. The quantitative estimate of drug-likeness (QED) is 0.534. The highest BCUT2D eigenvalue weighted by Crippen LogP contribution is 2.22. The lowest BCUT2D eigenvalue weighted by Crippen LogP contribution is -2.02. The summed E-state index contributed by atoms with van der Waals surface area (Å²) < 4.78 is 37.6. The van der Waals surface area contributed by atoms with Gasteiger partial charge in [-0.25, -0.2) is 0 Å². The molecule has 0 bridgehead atoms. The van der Waals surface area contributed by atoms with E-state index in [1.807, 2.05) is 45.5 Å². The van der Waals surface area contributed by atoms with Gasteiger partial charge in [-0.3, -0.25) is 4.79 Å². The van der Waals surface area contributed by atoms with E-state index in [4.69, 9.17) is 9.29 Å². The van der Waals surface area contributed by atoms with Crippen LogP contribution in [0.3, 0.4) is 0 Å². The predicted octanol–water partition coefficient (Wildman–Crippen LogP) is 5.04. The summed E-state index contributed by atoms with van der Waals surface area (Å²) in [4.78, 5) is 10.3. The van der Waals surface area contributed by atoms with Crippen molar-refractivity contribution in [3.8, 4) is 5.75 Å². The van der Waals surface area contributed by atoms with Crippen molar-refractivity contribution in [2.24, 2.45) is 0 Å². The first-order valence-electron chi connectivity index (χ1n) is 5.61. The Morgan fingerprint density at radius 1 is 1.45 bits per heavy atom. The Balaban J connectivity index is 0.000000511. The van der Waals surface area contributed by atoms with Gasteiger partial charge in [-0.05, 0) is 24.1 Å². The van der Waals surface area contributed by atoms with Crippen LogP contribution in [0.2, 0.25) is 0 Å². The zero-order valence-corrected chi connectivity index (χ0v) is 13.6. The highest BCUT2D eigenvalue weighted by molar-refractivity contribution is 14.2. The van der Waals surface area contributed by atoms with Gasteiger partial charge < -0.3 is 9.29 Å². The Labute approximate surface area is 131 Å². The van der Waals surface area contributed by atoms with Crippen LogP contribution in [0.15, 0.2) is 24.3 Å². The van der Waals surface area contributed by atoms with Crippen LogP contribution in [0.25, 0.3) is 0 Å². The maximum absolute atomic E-state index is 10.8. The Hall–Kier alpha value is -0.640. The van der Waals surface area contributed by atoms with Crippen molar-refractivity contribution in [3.63, 3.8) is 0 Å². The van der Waals surface area contributed by atoms with Crippen molar-refractivity contribution < 1.29 is 27.3 Å². The van der Waals surface area contributed by atoms with Gasteiger partial charge in [0.15, 0.2) is 0 Å². The summed E-state index contributed by atoms with van der Waals surface area (Å²) in [5, 5.41) is 8.51. The highest BCUT2D eigenvalue weighted by Gasteiger charge is 2.22. The third kappa shape index (κ3) is 11.2. The lowest BCUT2D eigenvalue weighted by Gasteiger charge is -2.02. The van der Waals surface area contributed by atoms with Gasteiger partial charge in [0.05, 0.1) is 0 Å². The number of carboxylic acid groups (broad SMARTS) is 1. The molecule has 0 aliphatic rings. The summed E-state index contributed by atoms with van der Waals surface area (Å²) in [7, 11) is 1.24. The molecule has 114 valence electrons. The summed E-state index contributed by atoms with van der Waals surface area (Å²) in [5.41, 5.74) is 0.982. The summed E-state index contributed by atoms with van der Waals surface area (Å²) >= 11 is 2.03. The third-order valence-corrected chi connectivity index (χ3v) is 2.85. The van der Waals surface area contributed by atoms with Crippen molar-refractivity contribution in [2.75, 3.05) is 0 Å². The number of hydrogen-bond acceptors (Lipinski definition) is 3. The topological polar surface area (TPSA) is 46.5 Å². The molecule has 0 aliphatic carbocycles. The Bertz CT molecular complexity index is 413. The lowest BCUT2D eigenvalue weighted by molar-refractivity contribution is -0.137. The molecule has 0 spiro atoms. The minimum absolute atomic E-state index is 0.154. The van der Waals surface area contributed by atoms with Crippen LogP contribution in [-0.4, -0.2) is 17.3 Å². The van der Waals surface area contributed by atoms with Crippen LogP contribution in [0.4, 0.5) is 13.2 Å². The first-order valence-corrected chi connectivity index (χ1v) is 8.89. The molecule has 0 radical (unpaired) electrons. The van der Waals surface area contributed by atoms with Gasteiger partial charge in [0.1, 0.15) is 15.0 Å². The second kappa shape index (κ2) is 10.1. The molecule has 1 N–H and O–H groups in total. The van der Waals surface area contributed by atoms with E-state index in [9.17, 15) is 18.0 Å². The fourth-order valence-corrected chi connectivity index (χ4v) is 1.84. The number of carbonyl (C=O) groups is 1. The van der Waals surface area contributed by atoms with Gasteiger partial charge in [-0.1, -0.05) is 19.1 Å². The number of aryl methyl sites for hydroxylation is 1. The van der Waals surface area contributed by atoms with Crippen molar-refractivity contribution in [3.05, 3.63) is 29.8 Å². The smallest absolute Gasteiger partial charge is 0.388 e. The average Bonchev–Trinajstić information content (AvgIpc) is 2.37. The van der Waals surface area contributed by atoms with Gasteiger partial charge in [-0.15, -0.1) is 0 Å². The molecule has 1 rings (SSSR count). The molecule has 0 unspecified atom stereocenters. The molecule has 0 amide bonds. The number of hydrogen-bond donors (Lipinski definition) is 1. The molecule has 8 heteroatoms. The van der Waals surface area contributed by atoms with Crippen molar-refractivity contribution >= 4 is 36.4 Å². The van der Waals surface area contributed by atoms with E-state index in [1.165, 1.54) is 9.21 Å². The molecular weight excluding hydrogens is 408 g/mol. The van der Waals surface area contributed by atoms with Gasteiger partial charge in [-0.2, -0.15) is 13.2 Å². The van der Waals surface area contributed by atoms with Crippen LogP contribution in [-0.2, 0) is 11.2 Å². The zero-order valence-electron chi connectivity index (χ0n) is 10.6. The molecule has 0 heterocycles. The monoisotopic (exact) mass is 422 g/mol. The van der Waals surface area contributed by atoms with Gasteiger partial charge >= 0.3 is 12.1 Å². The number of carboxylic acids is 1. The van der Waals surface area contributed by atoms with E-state index in [0.717, 1.165) is 18.2 Å². The van der Waals surface area contributed by atoms with Crippen molar-refractivity contribution in [2.45, 2.75) is 32.4 Å². The minimum Gasteiger partial charge on any atom is -0.481 e. The molecule has 0 saturated carbocycles. The third-order valence-electron chi connectivity index (χ3n) is 2.05. The van der Waals surface area contributed by atoms with E-state index in [0.29, 0.717) is 6.42 Å². The van der Waals surface area contributed by atoms with E-state index in [2.05, 4.69) is 0 Å². The largest absolute Gasteiger partial charge is 0.481 e. The fourth-order valence-electron chi connectivity index (χ4n) is 1.04. The highest BCUT2D eigenvalue weighted by atomic mass is 127. The first-order chi connectivity index (χ1) is 9.28. The molecule has 20 heavy (non-hydrogen) atoms. The number of halogens is 4. The number of aliphatic carboxylic acids is 1. The van der Waals surface area contributed by atoms with Crippen molar-refractivity contribution in [1.82, 2.24) is 0 Å². The van der Waals surface area contributed by atoms with Gasteiger partial charge in [0, 0.05) is 34.0 Å². The SMILES string of the molecule is CCC(F)(F)F.O=C(O)CCc1cccc(OSI)c1. The fraction of sp³-hybridized carbons (Fsp3) is 0.417. The normalized spacial score (nSPS) is 10.4. The molecule has 0 atom stereocenters. The molecule has 1 aromatic carbocycles. The second-order valence-electron chi connectivity index (χ2n) is 3.66. The average molecular weight is 422 g/mol. The standard InChI is InChI=1S/C9H9IO3S.C3H5F3/c10-14-13-8-3-1-2-7(6-8)4-5-9(11)12;1-2-3(4,5)6/h1-3,6H,4-5H2,(H,11,12);2H2,1H3. The van der Waals surface area contributed by atoms with Gasteiger partial charge in [0.2, 0.25) is 0 Å². The predicted molar refractivity (Wildman–Crippen MR) is 81.0 cm³/mol. The van der Waals surface area contributed by atoms with E-state index >= 15 is 0 Å². The lowest BCUT2D eigenvalue weighted by atomic mass is 10.1. The van der Waals surface area contributed by atoms with Crippen LogP contribution in [0.1, 0.15) is 25.3 Å². The molecule has 0 saturated heterocycles. The Morgan fingerprint density at radius 2 is 2.05 bits per heavy atom. The summed E-state index contributed by atoms with van der Waals surface area (Å²) in [6, 6.07) is 7.46. The zero-order chi connectivity index (χ0) is 15.6. The first kappa shape index (κ1) is 19.4. The Kier molecular flexibility index (Phi) is 9.82. The molecule has 0 fully saturated rings. The van der Waals surface area contributed by atoms with E-state index < -0.39 is 18.6 Å². The molecule has 3 nitrogen and oxygen atoms in total. The van der Waals surface area contributed by atoms with Gasteiger partial charge in [0.25, 0.3) is 0 Å². The molecule has 0 aliphatic heterocycles. The summed E-state index contributed by atoms with van der Waals surface area (Å²) in [6.45, 7) is 1.08. The maximum Gasteiger partial charge on any atom is 0.388 e. The van der Waals surface area contributed by atoms with Crippen LogP contribution in [0.5, 0.6) is 5.75 Å². The number of rotatable bonds is 5. The molecule has 1 aromatic rings. The second-order valence-corrected chi connectivity index (χ2v) is 5.03. The molecule has 0 aromatic heterocycles. The summed E-state index contributed by atoms with van der Waals surface area (Å²) in [5.74, 6) is -0.0214. The summed E-state index contributed by atoms with van der Waals surface area (Å²) in [6.07, 6.45) is -3.99. The minimum atomic E-state index is -3.96. The van der Waals surface area contributed by atoms with Crippen molar-refractivity contribution in [1.29, 1.82) is 0 Å².